The highest BCUT2D eigenvalue weighted by molar-refractivity contribution is 5.69. The summed E-state index contributed by atoms with van der Waals surface area (Å²) in [7, 11) is 3.75. The van der Waals surface area contributed by atoms with E-state index in [2.05, 4.69) is 19.2 Å². The second kappa shape index (κ2) is 27.6. The van der Waals surface area contributed by atoms with Gasteiger partial charge in [0.1, 0.15) is 0 Å². The van der Waals surface area contributed by atoms with Crippen molar-refractivity contribution >= 4 is 5.97 Å². The zero-order chi connectivity index (χ0) is 20.4. The summed E-state index contributed by atoms with van der Waals surface area (Å²) < 4.78 is 5.26. The van der Waals surface area contributed by atoms with Crippen LogP contribution in [-0.4, -0.2) is 26.7 Å². The lowest BCUT2D eigenvalue weighted by molar-refractivity contribution is -0.143. The Balaban J connectivity index is 0. The molecular weight excluding hydrogens is 334 g/mol. The topological polar surface area (TPSA) is 38.3 Å². The lowest BCUT2D eigenvalue weighted by Crippen LogP contribution is -2.05. The Kier molecular flexibility index (Phi) is 29.3. The molecule has 0 aliphatic carbocycles. The molecule has 0 atom stereocenters. The molecule has 0 aromatic carbocycles. The van der Waals surface area contributed by atoms with Crippen LogP contribution >= 0.6 is 0 Å². The van der Waals surface area contributed by atoms with Gasteiger partial charge in [0.15, 0.2) is 0 Å². The van der Waals surface area contributed by atoms with Crippen LogP contribution in [0.15, 0.2) is 0 Å². The monoisotopic (exact) mass is 385 g/mol. The molecule has 27 heavy (non-hydrogen) atoms. The summed E-state index contributed by atoms with van der Waals surface area (Å²) in [4.78, 5) is 11.4. The molecule has 0 aliphatic rings. The van der Waals surface area contributed by atoms with Gasteiger partial charge in [-0.1, -0.05) is 110 Å². The summed E-state index contributed by atoms with van der Waals surface area (Å²) >= 11 is 0. The van der Waals surface area contributed by atoms with Crippen molar-refractivity contribution in [2.24, 2.45) is 0 Å². The Labute approximate surface area is 171 Å². The summed E-state index contributed by atoms with van der Waals surface area (Å²) in [5.41, 5.74) is 0. The third-order valence-corrected chi connectivity index (χ3v) is 4.75. The van der Waals surface area contributed by atoms with E-state index in [1.54, 1.807) is 0 Å². The number of hydrogen-bond acceptors (Lipinski definition) is 3. The minimum Gasteiger partial charge on any atom is -0.466 e. The second-order valence-electron chi connectivity index (χ2n) is 7.77. The van der Waals surface area contributed by atoms with Crippen LogP contribution in [-0.2, 0) is 9.53 Å². The predicted molar refractivity (Wildman–Crippen MR) is 120 cm³/mol. The van der Waals surface area contributed by atoms with E-state index in [9.17, 15) is 4.79 Å². The van der Waals surface area contributed by atoms with Crippen molar-refractivity contribution in [3.05, 3.63) is 0 Å². The molecule has 0 saturated carbocycles. The second-order valence-corrected chi connectivity index (χ2v) is 7.77. The summed E-state index contributed by atoms with van der Waals surface area (Å²) in [6.45, 7) is 5.06. The van der Waals surface area contributed by atoms with Crippen molar-refractivity contribution in [1.82, 2.24) is 5.32 Å². The maximum Gasteiger partial charge on any atom is 0.305 e. The zero-order valence-corrected chi connectivity index (χ0v) is 19.3. The first-order valence-corrected chi connectivity index (χ1v) is 12.0. The molecule has 0 saturated heterocycles. The zero-order valence-electron chi connectivity index (χ0n) is 19.3. The van der Waals surface area contributed by atoms with E-state index in [0.717, 1.165) is 25.7 Å². The van der Waals surface area contributed by atoms with E-state index in [4.69, 9.17) is 4.74 Å². The van der Waals surface area contributed by atoms with Gasteiger partial charge in [-0.3, -0.25) is 4.79 Å². The third kappa shape index (κ3) is 30.4. The van der Waals surface area contributed by atoms with Gasteiger partial charge in [-0.2, -0.15) is 0 Å². The molecule has 0 spiro atoms. The summed E-state index contributed by atoms with van der Waals surface area (Å²) in [6, 6.07) is 0. The Morgan fingerprint density at radius 1 is 0.593 bits per heavy atom. The SMILES string of the molecule is CCCCCCCCCCCCCCCCOC(=O)CCCCC.CNC. The van der Waals surface area contributed by atoms with Gasteiger partial charge >= 0.3 is 5.97 Å². The van der Waals surface area contributed by atoms with E-state index in [0.29, 0.717) is 13.0 Å². The fourth-order valence-electron chi connectivity index (χ4n) is 3.07. The third-order valence-electron chi connectivity index (χ3n) is 4.75. The molecule has 0 fully saturated rings. The standard InChI is InChI=1S/C22H44O2.C2H7N/c1-3-5-7-8-9-10-11-12-13-14-15-16-17-19-21-24-22(23)20-18-6-4-2;1-3-2/h3-21H2,1-2H3;3H,1-2H3. The average Bonchev–Trinajstić information content (AvgIpc) is 2.66. The van der Waals surface area contributed by atoms with Gasteiger partial charge in [0.25, 0.3) is 0 Å². The van der Waals surface area contributed by atoms with Crippen molar-refractivity contribution < 1.29 is 9.53 Å². The quantitative estimate of drug-likeness (QED) is 0.186. The van der Waals surface area contributed by atoms with Crippen LogP contribution in [0.1, 0.15) is 129 Å². The molecule has 164 valence electrons. The number of hydrogen-bond donors (Lipinski definition) is 1. The first kappa shape index (κ1) is 28.6. The van der Waals surface area contributed by atoms with Gasteiger partial charge in [-0.05, 0) is 26.9 Å². The van der Waals surface area contributed by atoms with Crippen molar-refractivity contribution in [2.45, 2.75) is 129 Å². The van der Waals surface area contributed by atoms with Gasteiger partial charge in [-0.25, -0.2) is 0 Å². The van der Waals surface area contributed by atoms with Crippen LogP contribution in [0, 0.1) is 0 Å². The van der Waals surface area contributed by atoms with Crippen molar-refractivity contribution in [3.8, 4) is 0 Å². The van der Waals surface area contributed by atoms with Crippen LogP contribution in [0.4, 0.5) is 0 Å². The van der Waals surface area contributed by atoms with Crippen LogP contribution in [0.2, 0.25) is 0 Å². The van der Waals surface area contributed by atoms with Gasteiger partial charge < -0.3 is 10.1 Å². The maximum absolute atomic E-state index is 11.4. The average molecular weight is 386 g/mol. The fourth-order valence-corrected chi connectivity index (χ4v) is 3.07. The molecule has 0 amide bonds. The fraction of sp³-hybridized carbons (Fsp3) is 0.958. The van der Waals surface area contributed by atoms with Crippen molar-refractivity contribution in [1.29, 1.82) is 0 Å². The number of esters is 1. The van der Waals surface area contributed by atoms with Crippen LogP contribution in [0.25, 0.3) is 0 Å². The Morgan fingerprint density at radius 2 is 0.926 bits per heavy atom. The molecule has 0 rings (SSSR count). The lowest BCUT2D eigenvalue weighted by atomic mass is 10.0. The highest BCUT2D eigenvalue weighted by Gasteiger charge is 2.01. The van der Waals surface area contributed by atoms with Gasteiger partial charge in [0.2, 0.25) is 0 Å². The largest absolute Gasteiger partial charge is 0.466 e. The highest BCUT2D eigenvalue weighted by Crippen LogP contribution is 2.13. The highest BCUT2D eigenvalue weighted by atomic mass is 16.5. The van der Waals surface area contributed by atoms with Crippen LogP contribution in [0.3, 0.4) is 0 Å². The van der Waals surface area contributed by atoms with Crippen LogP contribution < -0.4 is 5.32 Å². The van der Waals surface area contributed by atoms with E-state index in [1.165, 1.54) is 83.5 Å². The molecule has 3 nitrogen and oxygen atoms in total. The first-order chi connectivity index (χ1) is 13.2. The Morgan fingerprint density at radius 3 is 1.33 bits per heavy atom. The maximum atomic E-state index is 11.4. The molecule has 0 aliphatic heterocycles. The summed E-state index contributed by atoms with van der Waals surface area (Å²) in [5, 5.41) is 2.75. The van der Waals surface area contributed by atoms with E-state index in [-0.39, 0.29) is 5.97 Å². The molecule has 1 N–H and O–H groups in total. The molecule has 0 aromatic rings. The van der Waals surface area contributed by atoms with Gasteiger partial charge in [0, 0.05) is 6.42 Å². The van der Waals surface area contributed by atoms with E-state index >= 15 is 0 Å². The molecule has 0 unspecified atom stereocenters. The van der Waals surface area contributed by atoms with E-state index in [1.807, 2.05) is 14.1 Å². The first-order valence-electron chi connectivity index (χ1n) is 12.0. The summed E-state index contributed by atoms with van der Waals surface area (Å²) in [6.07, 6.45) is 22.9. The Bertz CT molecular complexity index is 269. The molecule has 0 radical (unpaired) electrons. The normalized spacial score (nSPS) is 10.4. The lowest BCUT2D eigenvalue weighted by Gasteiger charge is -2.05. The van der Waals surface area contributed by atoms with Gasteiger partial charge in [-0.15, -0.1) is 0 Å². The molecule has 3 heteroatoms. The number of rotatable bonds is 19. The van der Waals surface area contributed by atoms with Crippen LogP contribution in [0.5, 0.6) is 0 Å². The Hall–Kier alpha value is -0.570. The molecule has 0 heterocycles. The van der Waals surface area contributed by atoms with Crippen molar-refractivity contribution in [2.75, 3.05) is 20.7 Å². The number of nitrogens with one attached hydrogen (secondary N) is 1. The molecule has 0 bridgehead atoms. The molecule has 0 aromatic heterocycles. The predicted octanol–water partition coefficient (Wildman–Crippen LogP) is 7.43. The van der Waals surface area contributed by atoms with E-state index < -0.39 is 0 Å². The number of ether oxygens (including phenoxy) is 1. The number of unbranched alkanes of at least 4 members (excludes halogenated alkanes) is 15. The smallest absolute Gasteiger partial charge is 0.305 e. The van der Waals surface area contributed by atoms with Gasteiger partial charge in [0.05, 0.1) is 6.61 Å². The minimum absolute atomic E-state index is 0.00172. The minimum atomic E-state index is -0.00172. The van der Waals surface area contributed by atoms with Crippen molar-refractivity contribution in [3.63, 3.8) is 0 Å². The molecular formula is C24H51NO2. The number of carbonyl (C=O) groups excluding carboxylic acids is 1. The summed E-state index contributed by atoms with van der Waals surface area (Å²) in [5.74, 6) is -0.00172. The number of carbonyl (C=O) groups is 1.